The van der Waals surface area contributed by atoms with Gasteiger partial charge in [-0.05, 0) is 12.1 Å². The molecule has 0 aliphatic carbocycles. The van der Waals surface area contributed by atoms with Crippen LogP contribution in [0.15, 0.2) is 29.0 Å². The van der Waals surface area contributed by atoms with Crippen LogP contribution in [0, 0.1) is 0 Å². The molecule has 0 unspecified atom stereocenters. The van der Waals surface area contributed by atoms with Crippen LogP contribution < -0.4 is 0 Å². The summed E-state index contributed by atoms with van der Waals surface area (Å²) < 4.78 is 7.14. The lowest BCUT2D eigenvalue weighted by Crippen LogP contribution is -1.89. The lowest BCUT2D eigenvalue weighted by Gasteiger charge is -1.94. The maximum Gasteiger partial charge on any atom is 0.176 e. The molecule has 0 amide bonds. The Balaban J connectivity index is 2.35. The van der Waals surface area contributed by atoms with Crippen LogP contribution in [0.2, 0.25) is 0 Å². The first kappa shape index (κ1) is 9.02. The molecule has 0 atom stereocenters. The van der Waals surface area contributed by atoms with Gasteiger partial charge in [-0.15, -0.1) is 0 Å². The van der Waals surface area contributed by atoms with Gasteiger partial charge in [-0.3, -0.25) is 0 Å². The zero-order chi connectivity index (χ0) is 9.97. The molecule has 2 aromatic heterocycles. The van der Waals surface area contributed by atoms with Gasteiger partial charge in [0.05, 0.1) is 12.0 Å². The van der Waals surface area contributed by atoms with Gasteiger partial charge in [-0.25, -0.2) is 4.98 Å². The van der Waals surface area contributed by atoms with Gasteiger partial charge in [0.1, 0.15) is 0 Å². The maximum atomic E-state index is 8.78. The van der Waals surface area contributed by atoms with E-state index in [0.29, 0.717) is 6.42 Å². The van der Waals surface area contributed by atoms with E-state index in [-0.39, 0.29) is 6.61 Å². The van der Waals surface area contributed by atoms with E-state index in [4.69, 9.17) is 9.52 Å². The summed E-state index contributed by atoms with van der Waals surface area (Å²) in [6.07, 6.45) is 4.10. The minimum absolute atomic E-state index is 0.120. The number of aryl methyl sites for hydroxylation is 1. The highest BCUT2D eigenvalue weighted by atomic mass is 16.3. The van der Waals surface area contributed by atoms with E-state index in [9.17, 15) is 0 Å². The number of hydrogen-bond donors (Lipinski definition) is 1. The average Bonchev–Trinajstić information content (AvgIpc) is 2.74. The first-order chi connectivity index (χ1) is 6.81. The van der Waals surface area contributed by atoms with Crippen LogP contribution in [0.1, 0.15) is 5.69 Å². The van der Waals surface area contributed by atoms with Crippen molar-refractivity contribution < 1.29 is 9.52 Å². The van der Waals surface area contributed by atoms with Crippen LogP contribution in [0.4, 0.5) is 0 Å². The predicted molar refractivity (Wildman–Crippen MR) is 51.7 cm³/mol. The molecule has 0 spiro atoms. The van der Waals surface area contributed by atoms with Crippen molar-refractivity contribution in [3.8, 4) is 11.6 Å². The van der Waals surface area contributed by atoms with E-state index < -0.39 is 0 Å². The van der Waals surface area contributed by atoms with Crippen molar-refractivity contribution in [2.24, 2.45) is 7.05 Å². The number of hydrogen-bond acceptors (Lipinski definition) is 3. The third-order valence-electron chi connectivity index (χ3n) is 2.04. The summed E-state index contributed by atoms with van der Waals surface area (Å²) in [5.41, 5.74) is 0.876. The van der Waals surface area contributed by atoms with Crippen molar-refractivity contribution in [3.05, 3.63) is 30.3 Å². The molecule has 0 aliphatic heterocycles. The Bertz CT molecular complexity index is 404. The second-order valence-corrected chi connectivity index (χ2v) is 3.12. The van der Waals surface area contributed by atoms with Crippen LogP contribution >= 0.6 is 0 Å². The third-order valence-corrected chi connectivity index (χ3v) is 2.04. The molecule has 74 valence electrons. The molecular formula is C10H12N2O2. The number of imidazole rings is 1. The zero-order valence-corrected chi connectivity index (χ0v) is 7.97. The van der Waals surface area contributed by atoms with Crippen LogP contribution in [0.3, 0.4) is 0 Å². The molecule has 4 nitrogen and oxygen atoms in total. The summed E-state index contributed by atoms with van der Waals surface area (Å²) in [7, 11) is 1.91. The molecule has 0 radical (unpaired) electrons. The Morgan fingerprint density at radius 1 is 1.57 bits per heavy atom. The van der Waals surface area contributed by atoms with Crippen LogP contribution in [0.5, 0.6) is 0 Å². The molecule has 0 aliphatic rings. The Kier molecular flexibility index (Phi) is 2.37. The predicted octanol–water partition coefficient (Wildman–Crippen LogP) is 1.21. The van der Waals surface area contributed by atoms with Crippen molar-refractivity contribution in [2.45, 2.75) is 6.42 Å². The first-order valence-electron chi connectivity index (χ1n) is 4.48. The molecule has 2 heterocycles. The fraction of sp³-hybridized carbons (Fsp3) is 0.300. The average molecular weight is 192 g/mol. The Labute approximate surface area is 81.8 Å². The molecule has 2 aromatic rings. The molecule has 0 saturated carbocycles. The maximum absolute atomic E-state index is 8.78. The van der Waals surface area contributed by atoms with Crippen molar-refractivity contribution >= 4 is 0 Å². The fourth-order valence-corrected chi connectivity index (χ4v) is 1.40. The first-order valence-corrected chi connectivity index (χ1v) is 4.48. The number of aliphatic hydroxyl groups is 1. The molecule has 2 rings (SSSR count). The highest BCUT2D eigenvalue weighted by Gasteiger charge is 2.08. The standard InChI is InChI=1S/C10H12N2O2/c1-12-7-8(4-5-13)11-10(12)9-3-2-6-14-9/h2-3,6-7,13H,4-5H2,1H3. The zero-order valence-electron chi connectivity index (χ0n) is 7.97. The van der Waals surface area contributed by atoms with Gasteiger partial charge in [0.2, 0.25) is 0 Å². The van der Waals surface area contributed by atoms with Gasteiger partial charge >= 0.3 is 0 Å². The Morgan fingerprint density at radius 3 is 3.07 bits per heavy atom. The normalized spacial score (nSPS) is 10.7. The summed E-state index contributed by atoms with van der Waals surface area (Å²) in [5.74, 6) is 1.54. The van der Waals surface area contributed by atoms with Gasteiger partial charge in [-0.1, -0.05) is 0 Å². The largest absolute Gasteiger partial charge is 0.461 e. The number of aromatic nitrogens is 2. The van der Waals surface area contributed by atoms with Crippen LogP contribution in [-0.4, -0.2) is 21.3 Å². The number of nitrogens with zero attached hydrogens (tertiary/aromatic N) is 2. The summed E-state index contributed by atoms with van der Waals surface area (Å²) in [5, 5.41) is 8.78. The van der Waals surface area contributed by atoms with Gasteiger partial charge < -0.3 is 14.1 Å². The molecule has 0 aromatic carbocycles. The molecule has 14 heavy (non-hydrogen) atoms. The monoisotopic (exact) mass is 192 g/mol. The topological polar surface area (TPSA) is 51.2 Å². The van der Waals surface area contributed by atoms with Crippen molar-refractivity contribution in [3.63, 3.8) is 0 Å². The molecule has 0 saturated heterocycles. The van der Waals surface area contributed by atoms with E-state index in [1.807, 2.05) is 29.9 Å². The Hall–Kier alpha value is -1.55. The molecule has 1 N–H and O–H groups in total. The van der Waals surface area contributed by atoms with Crippen LogP contribution in [0.25, 0.3) is 11.6 Å². The van der Waals surface area contributed by atoms with Gasteiger partial charge in [0.15, 0.2) is 11.6 Å². The van der Waals surface area contributed by atoms with E-state index in [1.165, 1.54) is 0 Å². The van der Waals surface area contributed by atoms with Crippen molar-refractivity contribution in [1.82, 2.24) is 9.55 Å². The van der Waals surface area contributed by atoms with E-state index in [1.54, 1.807) is 6.26 Å². The molecule has 0 bridgehead atoms. The van der Waals surface area contributed by atoms with Crippen LogP contribution in [-0.2, 0) is 13.5 Å². The quantitative estimate of drug-likeness (QED) is 0.795. The number of aliphatic hydroxyl groups excluding tert-OH is 1. The minimum Gasteiger partial charge on any atom is -0.461 e. The second-order valence-electron chi connectivity index (χ2n) is 3.12. The van der Waals surface area contributed by atoms with Gasteiger partial charge in [-0.2, -0.15) is 0 Å². The third kappa shape index (κ3) is 1.56. The highest BCUT2D eigenvalue weighted by Crippen LogP contribution is 2.18. The second kappa shape index (κ2) is 3.67. The van der Waals surface area contributed by atoms with E-state index in [0.717, 1.165) is 17.3 Å². The molecule has 4 heteroatoms. The molecular weight excluding hydrogens is 180 g/mol. The van der Waals surface area contributed by atoms with Gasteiger partial charge in [0.25, 0.3) is 0 Å². The minimum atomic E-state index is 0.120. The number of rotatable bonds is 3. The highest BCUT2D eigenvalue weighted by molar-refractivity contribution is 5.47. The van der Waals surface area contributed by atoms with Crippen molar-refractivity contribution in [2.75, 3.05) is 6.61 Å². The smallest absolute Gasteiger partial charge is 0.176 e. The SMILES string of the molecule is Cn1cc(CCO)nc1-c1ccco1. The summed E-state index contributed by atoms with van der Waals surface area (Å²) in [6, 6.07) is 3.70. The van der Waals surface area contributed by atoms with E-state index >= 15 is 0 Å². The van der Waals surface area contributed by atoms with E-state index in [2.05, 4.69) is 4.98 Å². The lowest BCUT2D eigenvalue weighted by atomic mass is 10.3. The van der Waals surface area contributed by atoms with Crippen molar-refractivity contribution in [1.29, 1.82) is 0 Å². The fourth-order valence-electron chi connectivity index (χ4n) is 1.40. The Morgan fingerprint density at radius 2 is 2.43 bits per heavy atom. The number of furan rings is 1. The summed E-state index contributed by atoms with van der Waals surface area (Å²) >= 11 is 0. The molecule has 0 fully saturated rings. The summed E-state index contributed by atoms with van der Waals surface area (Å²) in [6.45, 7) is 0.120. The lowest BCUT2D eigenvalue weighted by molar-refractivity contribution is 0.298. The summed E-state index contributed by atoms with van der Waals surface area (Å²) in [4.78, 5) is 4.35. The van der Waals surface area contributed by atoms with Gasteiger partial charge in [0, 0.05) is 26.3 Å².